The summed E-state index contributed by atoms with van der Waals surface area (Å²) in [6.07, 6.45) is 3.58. The molecule has 4 heteroatoms. The minimum absolute atomic E-state index is 0.115. The fourth-order valence-corrected chi connectivity index (χ4v) is 0.958. The Bertz CT molecular complexity index is 213. The van der Waals surface area contributed by atoms with Crippen LogP contribution in [0.4, 0.5) is 0 Å². The predicted octanol–water partition coefficient (Wildman–Crippen LogP) is -0.0131. The molecular formula is C7H12B2N2. The van der Waals surface area contributed by atoms with Crippen molar-refractivity contribution in [3.8, 4) is 0 Å². The maximum atomic E-state index is 5.90. The van der Waals surface area contributed by atoms with Gasteiger partial charge in [0.25, 0.3) is 0 Å². The Morgan fingerprint density at radius 2 is 2.36 bits per heavy atom. The molecule has 2 N–H and O–H groups in total. The summed E-state index contributed by atoms with van der Waals surface area (Å²) in [6.45, 7) is 6.34. The Morgan fingerprint density at radius 1 is 1.64 bits per heavy atom. The van der Waals surface area contributed by atoms with Crippen molar-refractivity contribution >= 4 is 19.1 Å². The molecule has 0 aliphatic rings. The zero-order valence-electron chi connectivity index (χ0n) is 6.99. The average Bonchev–Trinajstić information content (AvgIpc) is 2.05. The van der Waals surface area contributed by atoms with Gasteiger partial charge in [0.2, 0.25) is 0 Å². The van der Waals surface area contributed by atoms with E-state index in [1.54, 1.807) is 6.20 Å². The molecule has 0 bridgehead atoms. The van der Waals surface area contributed by atoms with Gasteiger partial charge in [-0.05, 0) is 0 Å². The Labute approximate surface area is 68.5 Å². The number of aromatic nitrogens is 1. The van der Waals surface area contributed by atoms with Crippen LogP contribution in [0, 0.1) is 0 Å². The van der Waals surface area contributed by atoms with Crippen molar-refractivity contribution in [3.05, 3.63) is 18.4 Å². The summed E-state index contributed by atoms with van der Waals surface area (Å²) in [4.78, 5) is 4.01. The van der Waals surface area contributed by atoms with Gasteiger partial charge in [-0.2, -0.15) is 0 Å². The van der Waals surface area contributed by atoms with E-state index in [0.29, 0.717) is 5.82 Å². The van der Waals surface area contributed by atoms with E-state index in [0.717, 1.165) is 5.36 Å². The van der Waals surface area contributed by atoms with Crippen LogP contribution in [0.25, 0.3) is 0 Å². The molecule has 2 nitrogen and oxygen atoms in total. The topological polar surface area (TPSA) is 38.9 Å². The summed E-state index contributed by atoms with van der Waals surface area (Å²) in [5.74, 6) is 2.39. The number of hydrogen-bond donors (Lipinski definition) is 1. The Morgan fingerprint density at radius 3 is 2.82 bits per heavy atom. The summed E-state index contributed by atoms with van der Waals surface area (Å²) in [7, 11) is 0. The summed E-state index contributed by atoms with van der Waals surface area (Å²) < 4.78 is 0. The molecule has 0 aliphatic carbocycles. The van der Waals surface area contributed by atoms with Crippen molar-refractivity contribution in [1.29, 1.82) is 0 Å². The molecule has 1 rings (SSSR count). The third-order valence-corrected chi connectivity index (χ3v) is 1.79. The van der Waals surface area contributed by atoms with E-state index < -0.39 is 0 Å². The van der Waals surface area contributed by atoms with E-state index in [1.807, 2.05) is 19.1 Å². The fourth-order valence-electron chi connectivity index (χ4n) is 0.958. The van der Waals surface area contributed by atoms with E-state index in [1.165, 1.54) is 0 Å². The van der Waals surface area contributed by atoms with Crippen LogP contribution in [-0.2, 0) is 0 Å². The van der Waals surface area contributed by atoms with E-state index in [4.69, 9.17) is 5.64 Å². The molecule has 1 aromatic heterocycles. The molecule has 0 unspecified atom stereocenters. The van der Waals surface area contributed by atoms with Crippen LogP contribution < -0.4 is 11.0 Å². The molecule has 1 aromatic rings. The van der Waals surface area contributed by atoms with Gasteiger partial charge in [-0.1, -0.05) is 0 Å². The van der Waals surface area contributed by atoms with Crippen molar-refractivity contribution in [3.63, 3.8) is 0 Å². The first kappa shape index (κ1) is 8.47. The zero-order chi connectivity index (χ0) is 8.27. The first-order chi connectivity index (χ1) is 5.22. The minimum atomic E-state index is 0.115. The van der Waals surface area contributed by atoms with Gasteiger partial charge in [-0.25, -0.2) is 0 Å². The SMILES string of the molecule is CC(C)B(N)c1bccnc1. The maximum absolute atomic E-state index is 5.90. The van der Waals surface area contributed by atoms with Crippen LogP contribution >= 0.6 is 0 Å². The van der Waals surface area contributed by atoms with Crippen LogP contribution in [0.1, 0.15) is 13.8 Å². The van der Waals surface area contributed by atoms with Crippen molar-refractivity contribution in [2.75, 3.05) is 0 Å². The predicted molar refractivity (Wildman–Crippen MR) is 50.3 cm³/mol. The molecule has 0 saturated heterocycles. The number of hydrogen-bond acceptors (Lipinski definition) is 2. The van der Waals surface area contributed by atoms with Gasteiger partial charge in [0.1, 0.15) is 0 Å². The molecular weight excluding hydrogens is 134 g/mol. The third-order valence-electron chi connectivity index (χ3n) is 1.79. The Hall–Kier alpha value is -0.630. The van der Waals surface area contributed by atoms with Crippen LogP contribution in [0.5, 0.6) is 0 Å². The second-order valence-electron chi connectivity index (χ2n) is 3.06. The van der Waals surface area contributed by atoms with Crippen molar-refractivity contribution in [2.45, 2.75) is 19.7 Å². The molecule has 0 saturated carbocycles. The monoisotopic (exact) mass is 146 g/mol. The van der Waals surface area contributed by atoms with Gasteiger partial charge in [0.15, 0.2) is 0 Å². The molecule has 0 aliphatic heterocycles. The molecule has 0 amide bonds. The van der Waals surface area contributed by atoms with Crippen molar-refractivity contribution in [2.24, 2.45) is 5.64 Å². The second kappa shape index (κ2) is 3.67. The van der Waals surface area contributed by atoms with E-state index in [-0.39, 0.29) is 6.85 Å². The molecule has 56 valence electrons. The molecule has 0 aromatic carbocycles. The number of nitrogens with zero attached hydrogens (tertiary/aromatic N) is 1. The van der Waals surface area contributed by atoms with Gasteiger partial charge >= 0.3 is 67.8 Å². The summed E-state index contributed by atoms with van der Waals surface area (Å²) in [6, 6.07) is 0. The van der Waals surface area contributed by atoms with Crippen molar-refractivity contribution in [1.82, 2.24) is 4.98 Å². The quantitative estimate of drug-likeness (QED) is 0.595. The molecule has 0 atom stereocenters. The number of nitrogens with two attached hydrogens (primary N) is 1. The second-order valence-corrected chi connectivity index (χ2v) is 3.06. The Balaban J connectivity index is 2.77. The van der Waals surface area contributed by atoms with Crippen molar-refractivity contribution < 1.29 is 0 Å². The van der Waals surface area contributed by atoms with E-state index in [2.05, 4.69) is 18.8 Å². The summed E-state index contributed by atoms with van der Waals surface area (Å²) in [5, 5.41) is 1.11. The molecule has 0 fully saturated rings. The van der Waals surface area contributed by atoms with E-state index >= 15 is 0 Å². The van der Waals surface area contributed by atoms with Gasteiger partial charge in [0.05, 0.1) is 0 Å². The van der Waals surface area contributed by atoms with Crippen LogP contribution in [0.3, 0.4) is 0 Å². The molecule has 0 spiro atoms. The standard InChI is InChI=1S/C7H12B2N2/c1-6(2)9(10)7-5-11-4-3-8-7/h3-6H,10H2,1-2H3. The van der Waals surface area contributed by atoms with Gasteiger partial charge in [-0.3, -0.25) is 0 Å². The van der Waals surface area contributed by atoms with E-state index in [9.17, 15) is 0 Å². The van der Waals surface area contributed by atoms with Gasteiger partial charge in [-0.15, -0.1) is 0 Å². The molecule has 11 heavy (non-hydrogen) atoms. The first-order valence-corrected chi connectivity index (χ1v) is 3.87. The van der Waals surface area contributed by atoms with Crippen LogP contribution in [-0.4, -0.2) is 18.7 Å². The normalized spacial score (nSPS) is 9.82. The third kappa shape index (κ3) is 2.15. The van der Waals surface area contributed by atoms with Gasteiger partial charge in [0, 0.05) is 0 Å². The van der Waals surface area contributed by atoms with Crippen LogP contribution in [0.15, 0.2) is 18.4 Å². The molecule has 0 radical (unpaired) electrons. The van der Waals surface area contributed by atoms with Gasteiger partial charge < -0.3 is 0 Å². The fraction of sp³-hybridized carbons (Fsp3) is 0.429. The number of rotatable bonds is 2. The summed E-state index contributed by atoms with van der Waals surface area (Å²) in [5.41, 5.74) is 5.90. The Kier molecular flexibility index (Phi) is 2.83. The first-order valence-electron chi connectivity index (χ1n) is 3.87. The van der Waals surface area contributed by atoms with Crippen LogP contribution in [0.2, 0.25) is 5.82 Å². The average molecular weight is 146 g/mol. The summed E-state index contributed by atoms with van der Waals surface area (Å²) >= 11 is 0. The zero-order valence-corrected chi connectivity index (χ0v) is 6.99. The molecule has 1 heterocycles.